The van der Waals surface area contributed by atoms with E-state index in [4.69, 9.17) is 10.5 Å². The van der Waals surface area contributed by atoms with Gasteiger partial charge < -0.3 is 26.1 Å². The van der Waals surface area contributed by atoms with Crippen LogP contribution in [-0.4, -0.2) is 34.4 Å². The molecule has 0 fully saturated rings. The highest BCUT2D eigenvalue weighted by Gasteiger charge is 2.11. The van der Waals surface area contributed by atoms with Crippen molar-refractivity contribution in [2.45, 2.75) is 19.4 Å². The van der Waals surface area contributed by atoms with Gasteiger partial charge in [-0.05, 0) is 18.1 Å². The smallest absolute Gasteiger partial charge is 0.407 e. The second-order valence-electron chi connectivity index (χ2n) is 6.34. The first-order valence-corrected chi connectivity index (χ1v) is 10.1. The van der Waals surface area contributed by atoms with Gasteiger partial charge in [-0.25, -0.2) is 9.78 Å². The van der Waals surface area contributed by atoms with Gasteiger partial charge in [0, 0.05) is 30.1 Å². The molecule has 1 aromatic carbocycles. The van der Waals surface area contributed by atoms with E-state index < -0.39 is 12.0 Å². The number of H-pyrrole nitrogens is 1. The monoisotopic (exact) mass is 427 g/mol. The number of ether oxygens (including phenoxy) is 1. The molecule has 0 aliphatic carbocycles. The molecule has 0 spiro atoms. The van der Waals surface area contributed by atoms with Gasteiger partial charge in [0.2, 0.25) is 5.91 Å². The molecule has 3 amide bonds. The molecular weight excluding hydrogens is 406 g/mol. The number of nitrogens with two attached hydrogens (primary N) is 1. The van der Waals surface area contributed by atoms with Crippen LogP contribution in [0.5, 0.6) is 0 Å². The molecule has 0 bridgehead atoms. The van der Waals surface area contributed by atoms with Gasteiger partial charge in [0.05, 0.1) is 5.69 Å². The Balaban J connectivity index is 1.35. The van der Waals surface area contributed by atoms with Crippen molar-refractivity contribution in [3.63, 3.8) is 0 Å². The van der Waals surface area contributed by atoms with E-state index in [1.807, 2.05) is 30.3 Å². The Bertz CT molecular complexity index is 1020. The fourth-order valence-electron chi connectivity index (χ4n) is 2.54. The Labute approximate surface area is 176 Å². The molecule has 0 saturated heterocycles. The van der Waals surface area contributed by atoms with Crippen LogP contribution in [0.15, 0.2) is 48.0 Å². The van der Waals surface area contributed by atoms with Gasteiger partial charge >= 0.3 is 6.09 Å². The van der Waals surface area contributed by atoms with Crippen molar-refractivity contribution in [2.24, 2.45) is 5.73 Å². The van der Waals surface area contributed by atoms with Crippen LogP contribution in [0.2, 0.25) is 0 Å². The van der Waals surface area contributed by atoms with E-state index in [9.17, 15) is 14.4 Å². The van der Waals surface area contributed by atoms with E-state index in [0.29, 0.717) is 35.0 Å². The summed E-state index contributed by atoms with van der Waals surface area (Å²) in [7, 11) is 0. The van der Waals surface area contributed by atoms with Gasteiger partial charge in [0.1, 0.15) is 12.3 Å². The molecule has 3 aromatic rings. The first-order chi connectivity index (χ1) is 14.5. The van der Waals surface area contributed by atoms with Crippen molar-refractivity contribution in [3.05, 3.63) is 59.2 Å². The lowest BCUT2D eigenvalue weighted by Gasteiger charge is -2.07. The van der Waals surface area contributed by atoms with Gasteiger partial charge in [-0.15, -0.1) is 11.3 Å². The number of amides is 3. The molecule has 0 aliphatic heterocycles. The molecule has 0 aliphatic rings. The average Bonchev–Trinajstić information content (AvgIpc) is 3.40. The zero-order chi connectivity index (χ0) is 21.3. The molecular formula is C20H21N5O4S. The molecule has 0 saturated carbocycles. The van der Waals surface area contributed by atoms with Crippen molar-refractivity contribution in [1.29, 1.82) is 0 Å². The summed E-state index contributed by atoms with van der Waals surface area (Å²) in [6.07, 6.45) is 1.79. The van der Waals surface area contributed by atoms with Crippen LogP contribution < -0.4 is 16.4 Å². The van der Waals surface area contributed by atoms with E-state index in [-0.39, 0.29) is 18.9 Å². The normalized spacial score (nSPS) is 10.4. The molecule has 0 unspecified atom stereocenters. The van der Waals surface area contributed by atoms with E-state index in [1.165, 1.54) is 11.3 Å². The number of nitrogens with one attached hydrogen (secondary N) is 3. The molecule has 5 N–H and O–H groups in total. The van der Waals surface area contributed by atoms with Crippen molar-refractivity contribution < 1.29 is 19.1 Å². The van der Waals surface area contributed by atoms with Crippen LogP contribution in [0.4, 0.5) is 9.93 Å². The largest absolute Gasteiger partial charge is 0.445 e. The number of hydrogen-bond acceptors (Lipinski definition) is 6. The third-order valence-electron chi connectivity index (χ3n) is 4.06. The quantitative estimate of drug-likeness (QED) is 0.389. The molecule has 9 nitrogen and oxygen atoms in total. The van der Waals surface area contributed by atoms with E-state index in [1.54, 1.807) is 17.6 Å². The number of primary amides is 1. The van der Waals surface area contributed by atoms with E-state index >= 15 is 0 Å². The maximum atomic E-state index is 12.1. The Morgan fingerprint density at radius 3 is 2.73 bits per heavy atom. The number of rotatable bonds is 9. The number of carbonyl (C=O) groups is 3. The minimum absolute atomic E-state index is 0.196. The third kappa shape index (κ3) is 6.17. The number of carbonyl (C=O) groups excluding carboxylic acids is 3. The summed E-state index contributed by atoms with van der Waals surface area (Å²) in [5.74, 6) is -0.759. The standard InChI is InChI=1S/C20H21N5O4S/c21-18(27)15-9-14(10-23-15)16-12-30-19(24-16)25-17(26)7-4-8-22-20(28)29-11-13-5-2-1-3-6-13/h1-3,5-6,9-10,12,23H,4,7-8,11H2,(H2,21,27)(H,22,28)(H,24,25,26). The van der Waals surface area contributed by atoms with Crippen LogP contribution in [0.3, 0.4) is 0 Å². The maximum Gasteiger partial charge on any atom is 0.407 e. The summed E-state index contributed by atoms with van der Waals surface area (Å²) in [6.45, 7) is 0.519. The fraction of sp³-hybridized carbons (Fsp3) is 0.200. The maximum absolute atomic E-state index is 12.1. The van der Waals surface area contributed by atoms with Crippen LogP contribution >= 0.6 is 11.3 Å². The van der Waals surface area contributed by atoms with Crippen molar-refractivity contribution in [1.82, 2.24) is 15.3 Å². The van der Waals surface area contributed by atoms with Crippen LogP contribution in [0, 0.1) is 0 Å². The van der Waals surface area contributed by atoms with Crippen molar-refractivity contribution in [3.8, 4) is 11.3 Å². The average molecular weight is 427 g/mol. The molecule has 3 rings (SSSR count). The highest BCUT2D eigenvalue weighted by atomic mass is 32.1. The predicted molar refractivity (Wildman–Crippen MR) is 113 cm³/mol. The lowest BCUT2D eigenvalue weighted by molar-refractivity contribution is -0.116. The number of hydrogen-bond donors (Lipinski definition) is 4. The first kappa shape index (κ1) is 21.1. The molecule has 30 heavy (non-hydrogen) atoms. The second kappa shape index (κ2) is 10.2. The van der Waals surface area contributed by atoms with Crippen LogP contribution in [0.1, 0.15) is 28.9 Å². The first-order valence-electron chi connectivity index (χ1n) is 9.20. The molecule has 0 radical (unpaired) electrons. The lowest BCUT2D eigenvalue weighted by Crippen LogP contribution is -2.26. The molecule has 0 atom stereocenters. The zero-order valence-electron chi connectivity index (χ0n) is 16.0. The summed E-state index contributed by atoms with van der Waals surface area (Å²) in [4.78, 5) is 42.0. The Kier molecular flexibility index (Phi) is 7.17. The second-order valence-corrected chi connectivity index (χ2v) is 7.20. The summed E-state index contributed by atoms with van der Waals surface area (Å²) >= 11 is 1.28. The summed E-state index contributed by atoms with van der Waals surface area (Å²) in [5, 5.41) is 7.56. The van der Waals surface area contributed by atoms with Crippen LogP contribution in [0.25, 0.3) is 11.3 Å². The predicted octanol–water partition coefficient (Wildman–Crippen LogP) is 2.88. The SMILES string of the molecule is NC(=O)c1cc(-c2csc(NC(=O)CCCNC(=O)OCc3ccccc3)n2)c[nH]1. The minimum atomic E-state index is -0.553. The topological polar surface area (TPSA) is 139 Å². The van der Waals surface area contributed by atoms with E-state index in [0.717, 1.165) is 5.56 Å². The highest BCUT2D eigenvalue weighted by Crippen LogP contribution is 2.25. The summed E-state index contributed by atoms with van der Waals surface area (Å²) in [6, 6.07) is 11.0. The molecule has 10 heteroatoms. The van der Waals surface area contributed by atoms with Crippen molar-refractivity contribution in [2.75, 3.05) is 11.9 Å². The van der Waals surface area contributed by atoms with Gasteiger partial charge in [-0.3, -0.25) is 9.59 Å². The van der Waals surface area contributed by atoms with Crippen LogP contribution in [-0.2, 0) is 16.1 Å². The van der Waals surface area contributed by atoms with Gasteiger partial charge in [-0.2, -0.15) is 0 Å². The number of aromatic nitrogens is 2. The van der Waals surface area contributed by atoms with Crippen molar-refractivity contribution >= 4 is 34.4 Å². The number of benzene rings is 1. The third-order valence-corrected chi connectivity index (χ3v) is 4.82. The van der Waals surface area contributed by atoms with Gasteiger partial charge in [-0.1, -0.05) is 30.3 Å². The Morgan fingerprint density at radius 1 is 1.20 bits per heavy atom. The highest BCUT2D eigenvalue weighted by molar-refractivity contribution is 7.14. The zero-order valence-corrected chi connectivity index (χ0v) is 16.8. The molecule has 2 heterocycles. The molecule has 2 aromatic heterocycles. The lowest BCUT2D eigenvalue weighted by atomic mass is 10.2. The van der Waals surface area contributed by atoms with Gasteiger partial charge in [0.15, 0.2) is 5.13 Å². The number of anilines is 1. The van der Waals surface area contributed by atoms with Gasteiger partial charge in [0.25, 0.3) is 5.91 Å². The Hall–Kier alpha value is -3.66. The minimum Gasteiger partial charge on any atom is -0.445 e. The summed E-state index contributed by atoms with van der Waals surface area (Å²) < 4.78 is 5.10. The summed E-state index contributed by atoms with van der Waals surface area (Å²) in [5.41, 5.74) is 7.74. The number of thiazole rings is 1. The number of nitrogens with zero attached hydrogens (tertiary/aromatic N) is 1. The number of aromatic amines is 1. The Morgan fingerprint density at radius 2 is 2.00 bits per heavy atom. The van der Waals surface area contributed by atoms with E-state index in [2.05, 4.69) is 20.6 Å². The fourth-order valence-corrected chi connectivity index (χ4v) is 3.28. The molecule has 156 valence electrons. The number of alkyl carbamates (subject to hydrolysis) is 1.